The van der Waals surface area contributed by atoms with E-state index in [0.717, 1.165) is 16.8 Å². The van der Waals surface area contributed by atoms with Gasteiger partial charge in [-0.15, -0.1) is 0 Å². The minimum absolute atomic E-state index is 0.00576. The van der Waals surface area contributed by atoms with Gasteiger partial charge in [-0.3, -0.25) is 4.79 Å². The first kappa shape index (κ1) is 15.8. The Hall–Kier alpha value is -3.13. The molecule has 0 aliphatic carbocycles. The SMILES string of the molecule is O=C(Cc1ccc(/C=C/c2ccccc2)cc1)Nc1ccccc1. The van der Waals surface area contributed by atoms with Gasteiger partial charge in [-0.1, -0.05) is 84.9 Å². The fourth-order valence-corrected chi connectivity index (χ4v) is 2.42. The van der Waals surface area contributed by atoms with E-state index in [2.05, 4.69) is 29.6 Å². The van der Waals surface area contributed by atoms with Gasteiger partial charge in [0.2, 0.25) is 5.91 Å². The van der Waals surface area contributed by atoms with Crippen LogP contribution in [-0.2, 0) is 11.2 Å². The molecular weight excluding hydrogens is 294 g/mol. The van der Waals surface area contributed by atoms with Gasteiger partial charge in [0.05, 0.1) is 6.42 Å². The highest BCUT2D eigenvalue weighted by Gasteiger charge is 2.03. The Bertz CT molecular complexity index is 806. The summed E-state index contributed by atoms with van der Waals surface area (Å²) < 4.78 is 0. The molecule has 0 atom stereocenters. The van der Waals surface area contributed by atoms with Crippen LogP contribution in [0.5, 0.6) is 0 Å². The third kappa shape index (κ3) is 4.68. The van der Waals surface area contributed by atoms with Crippen LogP contribution in [0.2, 0.25) is 0 Å². The summed E-state index contributed by atoms with van der Waals surface area (Å²) in [4.78, 5) is 12.1. The van der Waals surface area contributed by atoms with E-state index in [9.17, 15) is 4.79 Å². The average Bonchev–Trinajstić information content (AvgIpc) is 2.63. The van der Waals surface area contributed by atoms with Gasteiger partial charge in [0.1, 0.15) is 0 Å². The van der Waals surface area contributed by atoms with Crippen molar-refractivity contribution in [3.8, 4) is 0 Å². The van der Waals surface area contributed by atoms with Crippen molar-refractivity contribution < 1.29 is 4.79 Å². The fraction of sp³-hybridized carbons (Fsp3) is 0.0455. The molecule has 2 nitrogen and oxygen atoms in total. The van der Waals surface area contributed by atoms with Crippen LogP contribution in [0.3, 0.4) is 0 Å². The minimum Gasteiger partial charge on any atom is -0.326 e. The first-order valence-electron chi connectivity index (χ1n) is 7.96. The van der Waals surface area contributed by atoms with E-state index < -0.39 is 0 Å². The lowest BCUT2D eigenvalue weighted by Gasteiger charge is -2.05. The molecule has 3 aromatic carbocycles. The maximum atomic E-state index is 12.1. The fourth-order valence-electron chi connectivity index (χ4n) is 2.42. The van der Waals surface area contributed by atoms with Gasteiger partial charge in [-0.2, -0.15) is 0 Å². The molecule has 0 saturated heterocycles. The summed E-state index contributed by atoms with van der Waals surface area (Å²) in [5.41, 5.74) is 4.11. The molecule has 0 unspecified atom stereocenters. The largest absolute Gasteiger partial charge is 0.326 e. The molecule has 3 rings (SSSR count). The molecule has 1 amide bonds. The topological polar surface area (TPSA) is 29.1 Å². The summed E-state index contributed by atoms with van der Waals surface area (Å²) in [5.74, 6) is -0.00576. The van der Waals surface area contributed by atoms with Crippen LogP contribution < -0.4 is 5.32 Å². The predicted octanol–water partition coefficient (Wildman–Crippen LogP) is 5.04. The van der Waals surface area contributed by atoms with E-state index >= 15 is 0 Å². The Morgan fingerprint density at radius 3 is 1.88 bits per heavy atom. The number of para-hydroxylation sites is 1. The zero-order valence-corrected chi connectivity index (χ0v) is 13.4. The van der Waals surface area contributed by atoms with E-state index in [1.54, 1.807) is 0 Å². The Morgan fingerprint density at radius 1 is 0.708 bits per heavy atom. The molecule has 0 bridgehead atoms. The lowest BCUT2D eigenvalue weighted by atomic mass is 10.1. The number of anilines is 1. The molecule has 2 heteroatoms. The number of benzene rings is 3. The van der Waals surface area contributed by atoms with Crippen LogP contribution in [0.25, 0.3) is 12.2 Å². The van der Waals surface area contributed by atoms with Gasteiger partial charge in [0.25, 0.3) is 0 Å². The molecule has 24 heavy (non-hydrogen) atoms. The van der Waals surface area contributed by atoms with Crippen LogP contribution in [0.1, 0.15) is 16.7 Å². The lowest BCUT2D eigenvalue weighted by molar-refractivity contribution is -0.115. The Morgan fingerprint density at radius 2 is 1.25 bits per heavy atom. The highest BCUT2D eigenvalue weighted by Crippen LogP contribution is 2.11. The number of carbonyl (C=O) groups is 1. The Labute approximate surface area is 142 Å². The normalized spacial score (nSPS) is 10.7. The zero-order chi connectivity index (χ0) is 16.6. The molecule has 0 aliphatic rings. The van der Waals surface area contributed by atoms with Crippen molar-refractivity contribution in [1.82, 2.24) is 0 Å². The highest BCUT2D eigenvalue weighted by atomic mass is 16.1. The third-order valence-electron chi connectivity index (χ3n) is 3.67. The number of rotatable bonds is 5. The molecule has 0 saturated carbocycles. The van der Waals surface area contributed by atoms with E-state index in [1.165, 1.54) is 5.56 Å². The van der Waals surface area contributed by atoms with Gasteiger partial charge in [-0.25, -0.2) is 0 Å². The van der Waals surface area contributed by atoms with Gasteiger partial charge in [-0.05, 0) is 28.8 Å². The van der Waals surface area contributed by atoms with Crippen molar-refractivity contribution in [3.63, 3.8) is 0 Å². The van der Waals surface area contributed by atoms with Gasteiger partial charge in [0, 0.05) is 5.69 Å². The predicted molar refractivity (Wildman–Crippen MR) is 101 cm³/mol. The maximum Gasteiger partial charge on any atom is 0.228 e. The van der Waals surface area contributed by atoms with E-state index in [0.29, 0.717) is 6.42 Å². The number of amides is 1. The minimum atomic E-state index is -0.00576. The average molecular weight is 313 g/mol. The first-order valence-corrected chi connectivity index (χ1v) is 7.96. The Balaban J connectivity index is 1.58. The van der Waals surface area contributed by atoms with Gasteiger partial charge < -0.3 is 5.32 Å². The molecule has 0 aromatic heterocycles. The molecule has 0 radical (unpaired) electrons. The molecule has 0 fully saturated rings. The first-order chi connectivity index (χ1) is 11.8. The standard InChI is InChI=1S/C22H19NO/c24-22(23-21-9-5-2-6-10-21)17-20-15-13-19(14-16-20)12-11-18-7-3-1-4-8-18/h1-16H,17H2,(H,23,24)/b12-11+. The van der Waals surface area contributed by atoms with Crippen molar-refractivity contribution >= 4 is 23.7 Å². The quantitative estimate of drug-likeness (QED) is 0.657. The van der Waals surface area contributed by atoms with Crippen molar-refractivity contribution in [2.24, 2.45) is 0 Å². The third-order valence-corrected chi connectivity index (χ3v) is 3.67. The molecule has 0 heterocycles. The second-order valence-electron chi connectivity index (χ2n) is 5.58. The van der Waals surface area contributed by atoms with E-state index in [4.69, 9.17) is 0 Å². The van der Waals surface area contributed by atoms with E-state index in [1.807, 2.05) is 72.8 Å². The molecule has 3 aromatic rings. The Kier molecular flexibility index (Phi) is 5.21. The summed E-state index contributed by atoms with van der Waals surface area (Å²) in [5, 5.41) is 2.90. The zero-order valence-electron chi connectivity index (χ0n) is 13.4. The van der Waals surface area contributed by atoms with Crippen LogP contribution in [0.4, 0.5) is 5.69 Å². The van der Waals surface area contributed by atoms with Crippen molar-refractivity contribution in [2.45, 2.75) is 6.42 Å². The molecule has 0 aliphatic heterocycles. The van der Waals surface area contributed by atoms with Gasteiger partial charge >= 0.3 is 0 Å². The monoisotopic (exact) mass is 313 g/mol. The summed E-state index contributed by atoms with van der Waals surface area (Å²) >= 11 is 0. The summed E-state index contributed by atoms with van der Waals surface area (Å²) in [6.07, 6.45) is 4.53. The summed E-state index contributed by atoms with van der Waals surface area (Å²) in [7, 11) is 0. The number of hydrogen-bond acceptors (Lipinski definition) is 1. The van der Waals surface area contributed by atoms with Crippen molar-refractivity contribution in [1.29, 1.82) is 0 Å². The molecule has 0 spiro atoms. The summed E-state index contributed by atoms with van der Waals surface area (Å²) in [6, 6.07) is 27.8. The second kappa shape index (κ2) is 7.93. The lowest BCUT2D eigenvalue weighted by Crippen LogP contribution is -2.14. The highest BCUT2D eigenvalue weighted by molar-refractivity contribution is 5.92. The van der Waals surface area contributed by atoms with E-state index in [-0.39, 0.29) is 5.91 Å². The molecule has 118 valence electrons. The molecular formula is C22H19NO. The smallest absolute Gasteiger partial charge is 0.228 e. The number of hydrogen-bond donors (Lipinski definition) is 1. The number of nitrogens with one attached hydrogen (secondary N) is 1. The maximum absolute atomic E-state index is 12.1. The summed E-state index contributed by atoms with van der Waals surface area (Å²) in [6.45, 7) is 0. The van der Waals surface area contributed by atoms with Crippen LogP contribution >= 0.6 is 0 Å². The van der Waals surface area contributed by atoms with Crippen LogP contribution in [0, 0.1) is 0 Å². The van der Waals surface area contributed by atoms with Crippen molar-refractivity contribution in [3.05, 3.63) is 102 Å². The van der Waals surface area contributed by atoms with Gasteiger partial charge in [0.15, 0.2) is 0 Å². The van der Waals surface area contributed by atoms with Crippen molar-refractivity contribution in [2.75, 3.05) is 5.32 Å². The van der Waals surface area contributed by atoms with Crippen LogP contribution in [-0.4, -0.2) is 5.91 Å². The second-order valence-corrected chi connectivity index (χ2v) is 5.58. The van der Waals surface area contributed by atoms with Crippen LogP contribution in [0.15, 0.2) is 84.9 Å². The molecule has 1 N–H and O–H groups in total. The number of carbonyl (C=O) groups excluding carboxylic acids is 1.